The molecule has 0 bridgehead atoms. The molecule has 72 heavy (non-hydrogen) atoms. The Balaban J connectivity index is 4.41. The molecule has 6 heteroatoms. The molecule has 0 heterocycles. The van der Waals surface area contributed by atoms with Gasteiger partial charge in [0.25, 0.3) is 0 Å². The summed E-state index contributed by atoms with van der Waals surface area (Å²) in [6.07, 6.45) is 81.0. The summed E-state index contributed by atoms with van der Waals surface area (Å²) in [5.74, 6) is -0.994. The van der Waals surface area contributed by atoms with Crippen LogP contribution in [0.1, 0.15) is 271 Å². The topological polar surface area (TPSA) is 78.9 Å². The van der Waals surface area contributed by atoms with E-state index in [1.165, 1.54) is 122 Å². The van der Waals surface area contributed by atoms with Gasteiger partial charge >= 0.3 is 17.9 Å². The van der Waals surface area contributed by atoms with Gasteiger partial charge in [0.2, 0.25) is 0 Å². The van der Waals surface area contributed by atoms with Gasteiger partial charge in [-0.2, -0.15) is 0 Å². The fraction of sp³-hybridized carbons (Fsp3) is 0.682. The van der Waals surface area contributed by atoms with E-state index >= 15 is 0 Å². The third kappa shape index (κ3) is 57.0. The van der Waals surface area contributed by atoms with Crippen LogP contribution < -0.4 is 0 Å². The summed E-state index contributed by atoms with van der Waals surface area (Å²) in [4.78, 5) is 38.2. The summed E-state index contributed by atoms with van der Waals surface area (Å²) in [6.45, 7) is 6.35. The number of rotatable bonds is 53. The van der Waals surface area contributed by atoms with E-state index < -0.39 is 6.10 Å². The highest BCUT2D eigenvalue weighted by molar-refractivity contribution is 5.71. The van der Waals surface area contributed by atoms with Gasteiger partial charge in [-0.25, -0.2) is 0 Å². The van der Waals surface area contributed by atoms with Crippen molar-refractivity contribution in [3.63, 3.8) is 0 Å². The van der Waals surface area contributed by atoms with Gasteiger partial charge in [-0.3, -0.25) is 14.4 Å². The van der Waals surface area contributed by atoms with Crippen molar-refractivity contribution in [3.8, 4) is 0 Å². The van der Waals surface area contributed by atoms with E-state index in [0.29, 0.717) is 19.3 Å². The Morgan fingerprint density at radius 1 is 0.292 bits per heavy atom. The average Bonchev–Trinajstić information content (AvgIpc) is 3.38. The number of ether oxygens (including phenoxy) is 3. The Labute approximate surface area is 444 Å². The summed E-state index contributed by atoms with van der Waals surface area (Å²) in [6, 6.07) is 0. The van der Waals surface area contributed by atoms with Crippen LogP contribution in [-0.2, 0) is 28.6 Å². The van der Waals surface area contributed by atoms with Crippen LogP contribution >= 0.6 is 0 Å². The Kier molecular flexibility index (Phi) is 56.4. The number of hydrogen-bond acceptors (Lipinski definition) is 6. The number of hydrogen-bond donors (Lipinski definition) is 0. The van der Waals surface area contributed by atoms with Crippen molar-refractivity contribution in [2.45, 2.75) is 277 Å². The summed E-state index contributed by atoms with van der Waals surface area (Å²) in [5, 5.41) is 0. The van der Waals surface area contributed by atoms with Crippen molar-refractivity contribution in [2.24, 2.45) is 0 Å². The van der Waals surface area contributed by atoms with Crippen LogP contribution in [0.25, 0.3) is 0 Å². The minimum Gasteiger partial charge on any atom is -0.462 e. The monoisotopic (exact) mass is 999 g/mol. The van der Waals surface area contributed by atoms with Crippen LogP contribution in [0.3, 0.4) is 0 Å². The first kappa shape index (κ1) is 68.1. The second-order valence-corrected chi connectivity index (χ2v) is 19.5. The fourth-order valence-electron chi connectivity index (χ4n) is 8.13. The fourth-order valence-corrected chi connectivity index (χ4v) is 8.13. The van der Waals surface area contributed by atoms with Gasteiger partial charge < -0.3 is 14.2 Å². The maximum atomic E-state index is 12.9. The molecular formula is C66H110O6. The van der Waals surface area contributed by atoms with E-state index in [1.54, 1.807) is 0 Å². The van der Waals surface area contributed by atoms with Gasteiger partial charge in [-0.05, 0) is 89.9 Å². The van der Waals surface area contributed by atoms with Crippen molar-refractivity contribution in [1.82, 2.24) is 0 Å². The Morgan fingerprint density at radius 2 is 0.569 bits per heavy atom. The molecule has 6 nitrogen and oxygen atoms in total. The molecule has 0 saturated heterocycles. The van der Waals surface area contributed by atoms with Crippen LogP contribution in [0.5, 0.6) is 0 Å². The number of carbonyl (C=O) groups excluding carboxylic acids is 3. The average molecular weight is 1000 g/mol. The van der Waals surface area contributed by atoms with Gasteiger partial charge in [0.1, 0.15) is 13.2 Å². The molecule has 410 valence electrons. The maximum Gasteiger partial charge on any atom is 0.306 e. The summed E-state index contributed by atoms with van der Waals surface area (Å²) >= 11 is 0. The molecule has 1 unspecified atom stereocenters. The van der Waals surface area contributed by atoms with Crippen LogP contribution in [0, 0.1) is 0 Å². The van der Waals surface area contributed by atoms with Crippen molar-refractivity contribution in [3.05, 3.63) is 109 Å². The highest BCUT2D eigenvalue weighted by atomic mass is 16.6. The van der Waals surface area contributed by atoms with Crippen molar-refractivity contribution < 1.29 is 28.6 Å². The molecule has 1 atom stereocenters. The predicted octanol–water partition coefficient (Wildman–Crippen LogP) is 20.3. The standard InChI is InChI=1S/C66H110O6/c1-4-7-10-13-16-19-22-25-27-29-31-32-33-34-35-37-38-41-44-47-50-53-56-59-65(68)71-62-63(61-70-64(67)58-55-52-49-46-43-40-24-21-18-15-12-9-6-3)72-66(69)60-57-54-51-48-45-42-39-36-30-28-26-23-20-17-14-11-8-5-2/h7,9-10,12,16,18-19,21,25,27,31-32,34-35,40,43,49,52,63H,4-6,8,11,13-15,17,20,22-24,26,28-30,33,36-39,41-42,44-48,50-51,53-62H2,1-3H3/b10-7-,12-9-,19-16-,21-18-,27-25-,32-31-,35-34-,43-40-,52-49-. The summed E-state index contributed by atoms with van der Waals surface area (Å²) < 4.78 is 16.8. The summed E-state index contributed by atoms with van der Waals surface area (Å²) in [7, 11) is 0. The molecule has 0 saturated carbocycles. The molecule has 0 aromatic heterocycles. The molecule has 0 fully saturated rings. The lowest BCUT2D eigenvalue weighted by atomic mass is 10.0. The highest BCUT2D eigenvalue weighted by Gasteiger charge is 2.19. The number of esters is 3. The Hall–Kier alpha value is -3.93. The molecule has 0 spiro atoms. The zero-order valence-corrected chi connectivity index (χ0v) is 46.9. The number of allylic oxidation sites excluding steroid dienone is 18. The normalized spacial score (nSPS) is 12.9. The van der Waals surface area contributed by atoms with Crippen molar-refractivity contribution in [2.75, 3.05) is 13.2 Å². The van der Waals surface area contributed by atoms with E-state index in [4.69, 9.17) is 14.2 Å². The van der Waals surface area contributed by atoms with Crippen molar-refractivity contribution >= 4 is 17.9 Å². The molecule has 0 aliphatic carbocycles. The molecule has 0 rings (SSSR count). The largest absolute Gasteiger partial charge is 0.462 e. The molecule has 0 aliphatic heterocycles. The number of carbonyl (C=O) groups is 3. The quantitative estimate of drug-likeness (QED) is 0.0261. The van der Waals surface area contributed by atoms with E-state index in [2.05, 4.69) is 124 Å². The van der Waals surface area contributed by atoms with Gasteiger partial charge in [0.15, 0.2) is 6.10 Å². The third-order valence-corrected chi connectivity index (χ3v) is 12.5. The first-order valence-corrected chi connectivity index (χ1v) is 29.9. The number of unbranched alkanes of at least 4 members (excludes halogenated alkanes) is 24. The first-order chi connectivity index (χ1) is 35.5. The second-order valence-electron chi connectivity index (χ2n) is 19.5. The van der Waals surface area contributed by atoms with Gasteiger partial charge in [-0.15, -0.1) is 0 Å². The minimum atomic E-state index is -0.812. The minimum absolute atomic E-state index is 0.105. The smallest absolute Gasteiger partial charge is 0.306 e. The van der Waals surface area contributed by atoms with Gasteiger partial charge in [0.05, 0.1) is 0 Å². The Morgan fingerprint density at radius 3 is 0.931 bits per heavy atom. The van der Waals surface area contributed by atoms with Gasteiger partial charge in [0, 0.05) is 19.3 Å². The summed E-state index contributed by atoms with van der Waals surface area (Å²) in [5.41, 5.74) is 0. The van der Waals surface area contributed by atoms with E-state index in [9.17, 15) is 14.4 Å². The van der Waals surface area contributed by atoms with Crippen LogP contribution in [0.2, 0.25) is 0 Å². The van der Waals surface area contributed by atoms with Crippen LogP contribution in [-0.4, -0.2) is 37.2 Å². The highest BCUT2D eigenvalue weighted by Crippen LogP contribution is 2.16. The SMILES string of the molecule is CC/C=C\C/C=C\C/C=C\C/C=C\C/C=C\CCCCCCCCCC(=O)OCC(COC(=O)CC/C=C\C/C=C\C/C=C\C/C=C\CC)OC(=O)CCCCCCCCCCCCCCCCCCCC. The molecule has 0 radical (unpaired) electrons. The van der Waals surface area contributed by atoms with Gasteiger partial charge in [-0.1, -0.05) is 271 Å². The molecule has 0 aromatic carbocycles. The van der Waals surface area contributed by atoms with E-state index in [1.807, 2.05) is 6.08 Å². The van der Waals surface area contributed by atoms with E-state index in [0.717, 1.165) is 103 Å². The molecule has 0 aromatic rings. The zero-order valence-electron chi connectivity index (χ0n) is 46.9. The maximum absolute atomic E-state index is 12.9. The molecule has 0 aliphatic rings. The lowest BCUT2D eigenvalue weighted by Gasteiger charge is -2.18. The molecular weight excluding hydrogens is 889 g/mol. The molecule has 0 N–H and O–H groups in total. The second kappa shape index (κ2) is 59.6. The lowest BCUT2D eigenvalue weighted by molar-refractivity contribution is -0.166. The van der Waals surface area contributed by atoms with Crippen LogP contribution in [0.4, 0.5) is 0 Å². The third-order valence-electron chi connectivity index (χ3n) is 12.5. The lowest BCUT2D eigenvalue weighted by Crippen LogP contribution is -2.30. The Bertz CT molecular complexity index is 1470. The zero-order chi connectivity index (χ0) is 52.2. The molecule has 0 amide bonds. The first-order valence-electron chi connectivity index (χ1n) is 29.9. The predicted molar refractivity (Wildman–Crippen MR) is 311 cm³/mol. The van der Waals surface area contributed by atoms with Crippen molar-refractivity contribution in [1.29, 1.82) is 0 Å². The van der Waals surface area contributed by atoms with Crippen LogP contribution in [0.15, 0.2) is 109 Å². The van der Waals surface area contributed by atoms with E-state index in [-0.39, 0.29) is 37.5 Å².